The fourth-order valence-electron chi connectivity index (χ4n) is 3.97. The molecule has 0 saturated carbocycles. The number of benzene rings is 4. The quantitative estimate of drug-likeness (QED) is 0.340. The summed E-state index contributed by atoms with van der Waals surface area (Å²) < 4.78 is 12.9. The van der Waals surface area contributed by atoms with E-state index in [0.29, 0.717) is 13.2 Å². The molecule has 0 radical (unpaired) electrons. The van der Waals surface area contributed by atoms with Gasteiger partial charge in [-0.1, -0.05) is 109 Å². The standard InChI is InChI=1S/C28H28O2Si/c1-3-29-31(30-4-2,27-19-15-25(16-20-27)23-11-7-5-8-12-23)28-21-17-26(18-22-28)24-13-9-6-10-14-24/h5-22H,3-4H2,1-2H3. The first-order valence-electron chi connectivity index (χ1n) is 10.9. The van der Waals surface area contributed by atoms with Crippen LogP contribution in [0.3, 0.4) is 0 Å². The Kier molecular flexibility index (Phi) is 6.78. The van der Waals surface area contributed by atoms with E-state index in [1.54, 1.807) is 0 Å². The summed E-state index contributed by atoms with van der Waals surface area (Å²) in [4.78, 5) is 0. The Hall–Kier alpha value is -2.98. The molecule has 156 valence electrons. The molecule has 0 heterocycles. The molecule has 0 aliphatic heterocycles. The van der Waals surface area contributed by atoms with Gasteiger partial charge in [0.25, 0.3) is 0 Å². The molecule has 0 saturated heterocycles. The second-order valence-electron chi connectivity index (χ2n) is 7.37. The van der Waals surface area contributed by atoms with Crippen molar-refractivity contribution in [2.45, 2.75) is 13.8 Å². The van der Waals surface area contributed by atoms with Crippen LogP contribution in [0.1, 0.15) is 13.8 Å². The molecule has 0 atom stereocenters. The van der Waals surface area contributed by atoms with Gasteiger partial charge in [0.1, 0.15) is 0 Å². The minimum Gasteiger partial charge on any atom is -0.388 e. The molecule has 2 nitrogen and oxygen atoms in total. The van der Waals surface area contributed by atoms with Crippen LogP contribution in [-0.4, -0.2) is 21.8 Å². The lowest BCUT2D eigenvalue weighted by atomic mass is 10.1. The summed E-state index contributed by atoms with van der Waals surface area (Å²) >= 11 is 0. The lowest BCUT2D eigenvalue weighted by molar-refractivity contribution is 0.208. The molecule has 3 heteroatoms. The lowest BCUT2D eigenvalue weighted by Gasteiger charge is -2.31. The molecule has 0 bridgehead atoms. The molecular weight excluding hydrogens is 396 g/mol. The van der Waals surface area contributed by atoms with Crippen LogP contribution in [0, 0.1) is 0 Å². The molecule has 0 aromatic heterocycles. The molecule has 31 heavy (non-hydrogen) atoms. The summed E-state index contributed by atoms with van der Waals surface area (Å²) in [6.45, 7) is 5.29. The summed E-state index contributed by atoms with van der Waals surface area (Å²) in [5.41, 5.74) is 4.81. The van der Waals surface area contributed by atoms with Crippen molar-refractivity contribution in [3.63, 3.8) is 0 Å². The van der Waals surface area contributed by atoms with Crippen LogP contribution < -0.4 is 10.4 Å². The van der Waals surface area contributed by atoms with E-state index in [-0.39, 0.29) is 0 Å². The lowest BCUT2D eigenvalue weighted by Crippen LogP contribution is -2.63. The normalized spacial score (nSPS) is 11.4. The number of rotatable bonds is 8. The van der Waals surface area contributed by atoms with Crippen molar-refractivity contribution in [3.8, 4) is 22.3 Å². The third-order valence-electron chi connectivity index (χ3n) is 5.44. The van der Waals surface area contributed by atoms with E-state index in [9.17, 15) is 0 Å². The fourth-order valence-corrected chi connectivity index (χ4v) is 7.08. The van der Waals surface area contributed by atoms with Gasteiger partial charge < -0.3 is 8.85 Å². The Morgan fingerprint density at radius 1 is 0.452 bits per heavy atom. The first-order chi connectivity index (χ1) is 15.3. The van der Waals surface area contributed by atoms with E-state index < -0.39 is 8.56 Å². The van der Waals surface area contributed by atoms with Gasteiger partial charge >= 0.3 is 8.56 Å². The monoisotopic (exact) mass is 424 g/mol. The van der Waals surface area contributed by atoms with E-state index in [0.717, 1.165) is 10.4 Å². The minimum absolute atomic E-state index is 0.604. The highest BCUT2D eigenvalue weighted by Crippen LogP contribution is 2.21. The van der Waals surface area contributed by atoms with Crippen LogP contribution >= 0.6 is 0 Å². The van der Waals surface area contributed by atoms with Crippen LogP contribution in [0.4, 0.5) is 0 Å². The summed E-state index contributed by atoms with van der Waals surface area (Å²) in [6.07, 6.45) is 0. The van der Waals surface area contributed by atoms with Crippen molar-refractivity contribution < 1.29 is 8.85 Å². The summed E-state index contributed by atoms with van der Waals surface area (Å²) in [6, 6.07) is 38.2. The minimum atomic E-state index is -2.80. The summed E-state index contributed by atoms with van der Waals surface area (Å²) in [5, 5.41) is 2.26. The van der Waals surface area contributed by atoms with Gasteiger partial charge in [0.2, 0.25) is 0 Å². The van der Waals surface area contributed by atoms with Gasteiger partial charge in [0.15, 0.2) is 0 Å². The average Bonchev–Trinajstić information content (AvgIpc) is 2.85. The Balaban J connectivity index is 1.73. The Morgan fingerprint density at radius 3 is 1.10 bits per heavy atom. The highest BCUT2D eigenvalue weighted by molar-refractivity contribution is 6.92. The molecule has 0 spiro atoms. The van der Waals surface area contributed by atoms with Crippen LogP contribution in [0.15, 0.2) is 109 Å². The third-order valence-corrected chi connectivity index (χ3v) is 9.02. The number of hydrogen-bond acceptors (Lipinski definition) is 2. The molecule has 4 aromatic carbocycles. The van der Waals surface area contributed by atoms with Crippen LogP contribution in [0.25, 0.3) is 22.3 Å². The first kappa shape index (κ1) is 21.3. The Bertz CT molecular complexity index is 984. The molecule has 0 fully saturated rings. The molecule has 0 aliphatic rings. The predicted octanol–water partition coefficient (Wildman–Crippen LogP) is 5.65. The fraction of sp³-hybridized carbons (Fsp3) is 0.143. The molecule has 4 rings (SSSR count). The second kappa shape index (κ2) is 9.88. The van der Waals surface area contributed by atoms with Crippen molar-refractivity contribution in [1.29, 1.82) is 0 Å². The van der Waals surface area contributed by atoms with Crippen molar-refractivity contribution >= 4 is 18.9 Å². The predicted molar refractivity (Wildman–Crippen MR) is 132 cm³/mol. The van der Waals surface area contributed by atoms with Gasteiger partial charge in [-0.3, -0.25) is 0 Å². The zero-order chi connectivity index (χ0) is 21.5. The van der Waals surface area contributed by atoms with Gasteiger partial charge in [0.05, 0.1) is 0 Å². The third kappa shape index (κ3) is 4.54. The van der Waals surface area contributed by atoms with Crippen LogP contribution in [0.2, 0.25) is 0 Å². The van der Waals surface area contributed by atoms with E-state index in [2.05, 4.69) is 97.1 Å². The Morgan fingerprint density at radius 2 is 0.774 bits per heavy atom. The molecule has 0 aliphatic carbocycles. The van der Waals surface area contributed by atoms with Crippen LogP contribution in [0.5, 0.6) is 0 Å². The highest BCUT2D eigenvalue weighted by atomic mass is 28.4. The summed E-state index contributed by atoms with van der Waals surface area (Å²) in [5.74, 6) is 0. The van der Waals surface area contributed by atoms with Gasteiger partial charge in [-0.05, 0) is 46.5 Å². The molecular formula is C28H28O2Si. The topological polar surface area (TPSA) is 18.5 Å². The van der Waals surface area contributed by atoms with Gasteiger partial charge in [-0.15, -0.1) is 0 Å². The average molecular weight is 425 g/mol. The van der Waals surface area contributed by atoms with E-state index in [4.69, 9.17) is 8.85 Å². The maximum atomic E-state index is 6.45. The first-order valence-corrected chi connectivity index (χ1v) is 12.7. The molecule has 0 N–H and O–H groups in total. The highest BCUT2D eigenvalue weighted by Gasteiger charge is 2.42. The van der Waals surface area contributed by atoms with Crippen molar-refractivity contribution in [3.05, 3.63) is 109 Å². The molecule has 0 unspecified atom stereocenters. The Labute approximate surface area is 186 Å². The SMILES string of the molecule is CCO[Si](OCC)(c1ccc(-c2ccccc2)cc1)c1ccc(-c2ccccc2)cc1. The van der Waals surface area contributed by atoms with Crippen molar-refractivity contribution in [2.24, 2.45) is 0 Å². The van der Waals surface area contributed by atoms with E-state index in [1.807, 2.05) is 26.0 Å². The second-order valence-corrected chi connectivity index (χ2v) is 10.3. The summed E-state index contributed by atoms with van der Waals surface area (Å²) in [7, 11) is -2.80. The van der Waals surface area contributed by atoms with E-state index >= 15 is 0 Å². The largest absolute Gasteiger partial charge is 0.407 e. The van der Waals surface area contributed by atoms with Crippen molar-refractivity contribution in [1.82, 2.24) is 0 Å². The molecule has 4 aromatic rings. The zero-order valence-electron chi connectivity index (χ0n) is 18.1. The van der Waals surface area contributed by atoms with Gasteiger partial charge in [-0.25, -0.2) is 0 Å². The van der Waals surface area contributed by atoms with E-state index in [1.165, 1.54) is 22.3 Å². The smallest absolute Gasteiger partial charge is 0.388 e. The van der Waals surface area contributed by atoms with Gasteiger partial charge in [-0.2, -0.15) is 0 Å². The number of hydrogen-bond donors (Lipinski definition) is 0. The van der Waals surface area contributed by atoms with Crippen molar-refractivity contribution in [2.75, 3.05) is 13.2 Å². The van der Waals surface area contributed by atoms with Crippen LogP contribution in [-0.2, 0) is 8.85 Å². The maximum absolute atomic E-state index is 6.45. The van der Waals surface area contributed by atoms with Gasteiger partial charge in [0, 0.05) is 13.2 Å². The molecule has 0 amide bonds. The maximum Gasteiger partial charge on any atom is 0.407 e. The zero-order valence-corrected chi connectivity index (χ0v) is 19.1.